The molecular formula is C17H15BrCl3N3O2S. The zero-order chi connectivity index (χ0) is 20.0. The fraction of sp³-hybridized carbons (Fsp3) is 0.176. The fourth-order valence-corrected chi connectivity index (χ4v) is 2.87. The van der Waals surface area contributed by atoms with Gasteiger partial charge in [-0.25, -0.2) is 0 Å². The van der Waals surface area contributed by atoms with Gasteiger partial charge in [-0.05, 0) is 48.6 Å². The van der Waals surface area contributed by atoms with E-state index in [2.05, 4.69) is 31.9 Å². The smallest absolute Gasteiger partial charge is 0.252 e. The van der Waals surface area contributed by atoms with Crippen molar-refractivity contribution < 1.29 is 9.53 Å². The van der Waals surface area contributed by atoms with Crippen LogP contribution in [0.15, 0.2) is 53.0 Å². The first-order chi connectivity index (χ1) is 12.7. The third-order valence-electron chi connectivity index (χ3n) is 3.34. The van der Waals surface area contributed by atoms with Gasteiger partial charge in [0.15, 0.2) is 5.11 Å². The standard InChI is InChI=1S/C17H15BrCl3N3O2S/c1-26-13-5-3-2-4-12(13)22-16(27)24-15(17(19,20)21)23-14(25)10-6-8-11(18)9-7-10/h2-9,15H,1H3,(H,23,25)(H2,22,24,27). The molecule has 0 fully saturated rings. The lowest BCUT2D eigenvalue weighted by Gasteiger charge is -2.28. The number of anilines is 1. The summed E-state index contributed by atoms with van der Waals surface area (Å²) in [7, 11) is 1.54. The molecule has 1 atom stereocenters. The van der Waals surface area contributed by atoms with Gasteiger partial charge in [0.25, 0.3) is 5.91 Å². The molecule has 0 radical (unpaired) electrons. The molecule has 2 rings (SSSR count). The first-order valence-corrected chi connectivity index (χ1v) is 9.88. The van der Waals surface area contributed by atoms with Crippen molar-refractivity contribution in [2.75, 3.05) is 12.4 Å². The average Bonchev–Trinajstić information content (AvgIpc) is 2.61. The summed E-state index contributed by atoms with van der Waals surface area (Å²) in [6, 6.07) is 13.9. The highest BCUT2D eigenvalue weighted by Crippen LogP contribution is 2.30. The van der Waals surface area contributed by atoms with Gasteiger partial charge >= 0.3 is 0 Å². The number of methoxy groups -OCH3 is 1. The summed E-state index contributed by atoms with van der Waals surface area (Å²) in [6.07, 6.45) is -1.08. The van der Waals surface area contributed by atoms with Crippen LogP contribution >= 0.6 is 63.0 Å². The summed E-state index contributed by atoms with van der Waals surface area (Å²) < 4.78 is 4.24. The largest absolute Gasteiger partial charge is 0.495 e. The molecule has 0 aliphatic rings. The number of hydrogen-bond donors (Lipinski definition) is 3. The van der Waals surface area contributed by atoms with E-state index in [1.54, 1.807) is 43.5 Å². The van der Waals surface area contributed by atoms with Crippen LogP contribution in [0, 0.1) is 0 Å². The number of hydrogen-bond acceptors (Lipinski definition) is 3. The number of ether oxygens (including phenoxy) is 1. The molecule has 10 heteroatoms. The van der Waals surface area contributed by atoms with Gasteiger partial charge in [-0.2, -0.15) is 0 Å². The molecule has 27 heavy (non-hydrogen) atoms. The number of carbonyl (C=O) groups excluding carboxylic acids is 1. The molecule has 0 aromatic heterocycles. The number of para-hydroxylation sites is 2. The molecule has 0 heterocycles. The molecule has 0 saturated heterocycles. The fourth-order valence-electron chi connectivity index (χ4n) is 2.05. The molecule has 2 aromatic rings. The molecule has 5 nitrogen and oxygen atoms in total. The summed E-state index contributed by atoms with van der Waals surface area (Å²) >= 11 is 26.6. The maximum absolute atomic E-state index is 12.4. The van der Waals surface area contributed by atoms with Crippen LogP contribution < -0.4 is 20.7 Å². The Kier molecular flexibility index (Phi) is 8.00. The Balaban J connectivity index is 2.09. The quantitative estimate of drug-likeness (QED) is 0.304. The number of carbonyl (C=O) groups is 1. The van der Waals surface area contributed by atoms with E-state index < -0.39 is 15.9 Å². The highest BCUT2D eigenvalue weighted by Gasteiger charge is 2.35. The lowest BCUT2D eigenvalue weighted by atomic mass is 10.2. The lowest BCUT2D eigenvalue weighted by Crippen LogP contribution is -2.56. The minimum atomic E-state index is -1.85. The van der Waals surface area contributed by atoms with E-state index in [0.717, 1.165) is 4.47 Å². The van der Waals surface area contributed by atoms with Crippen LogP contribution in [0.2, 0.25) is 0 Å². The topological polar surface area (TPSA) is 62.4 Å². The van der Waals surface area contributed by atoms with Gasteiger partial charge in [0.05, 0.1) is 12.8 Å². The predicted octanol–water partition coefficient (Wildman–Crippen LogP) is 4.87. The van der Waals surface area contributed by atoms with Gasteiger partial charge in [-0.15, -0.1) is 0 Å². The van der Waals surface area contributed by atoms with Gasteiger partial charge in [0.2, 0.25) is 3.79 Å². The van der Waals surface area contributed by atoms with Crippen molar-refractivity contribution in [1.82, 2.24) is 10.6 Å². The van der Waals surface area contributed by atoms with Crippen molar-refractivity contribution in [2.24, 2.45) is 0 Å². The summed E-state index contributed by atoms with van der Waals surface area (Å²) in [5.74, 6) is 0.164. The van der Waals surface area contributed by atoms with Crippen LogP contribution in [-0.4, -0.2) is 28.1 Å². The van der Waals surface area contributed by atoms with Crippen molar-refractivity contribution in [3.63, 3.8) is 0 Å². The van der Waals surface area contributed by atoms with Gasteiger partial charge in [-0.1, -0.05) is 62.9 Å². The Morgan fingerprint density at radius 1 is 1.11 bits per heavy atom. The van der Waals surface area contributed by atoms with Gasteiger partial charge in [0, 0.05) is 10.0 Å². The number of halogens is 4. The molecule has 144 valence electrons. The summed E-state index contributed by atoms with van der Waals surface area (Å²) in [5, 5.41) is 8.51. The van der Waals surface area contributed by atoms with Crippen molar-refractivity contribution in [1.29, 1.82) is 0 Å². The van der Waals surface area contributed by atoms with Crippen LogP contribution in [0.5, 0.6) is 5.75 Å². The number of rotatable bonds is 5. The van der Waals surface area contributed by atoms with Crippen LogP contribution in [-0.2, 0) is 0 Å². The third-order valence-corrected chi connectivity index (χ3v) is 4.74. The van der Waals surface area contributed by atoms with Crippen LogP contribution in [0.1, 0.15) is 10.4 Å². The molecule has 0 aliphatic heterocycles. The van der Waals surface area contributed by atoms with Gasteiger partial charge in [0.1, 0.15) is 11.9 Å². The molecular weight excluding hydrogens is 497 g/mol. The molecule has 0 bridgehead atoms. The second-order valence-electron chi connectivity index (χ2n) is 5.25. The first kappa shape index (κ1) is 22.0. The van der Waals surface area contributed by atoms with Crippen LogP contribution in [0.3, 0.4) is 0 Å². The zero-order valence-electron chi connectivity index (χ0n) is 13.9. The maximum Gasteiger partial charge on any atom is 0.252 e. The normalized spacial score (nSPS) is 12.0. The van der Waals surface area contributed by atoms with E-state index in [1.807, 2.05) is 12.1 Å². The van der Waals surface area contributed by atoms with Crippen molar-refractivity contribution in [2.45, 2.75) is 9.96 Å². The van der Waals surface area contributed by atoms with Crippen molar-refractivity contribution in [3.8, 4) is 5.75 Å². The Hall–Kier alpha value is -1.25. The molecule has 0 saturated carbocycles. The van der Waals surface area contributed by atoms with Crippen LogP contribution in [0.25, 0.3) is 0 Å². The highest BCUT2D eigenvalue weighted by atomic mass is 79.9. The first-order valence-electron chi connectivity index (χ1n) is 7.54. The lowest BCUT2D eigenvalue weighted by molar-refractivity contribution is 0.0934. The second kappa shape index (κ2) is 9.80. The van der Waals surface area contributed by atoms with E-state index >= 15 is 0 Å². The average molecular weight is 512 g/mol. The number of thiocarbonyl (C=S) groups is 1. The minimum absolute atomic E-state index is 0.145. The summed E-state index contributed by atoms with van der Waals surface area (Å²) in [5.41, 5.74) is 1.03. The SMILES string of the molecule is COc1ccccc1NC(=S)NC(NC(=O)c1ccc(Br)cc1)C(Cl)(Cl)Cl. The minimum Gasteiger partial charge on any atom is -0.495 e. The van der Waals surface area contributed by atoms with E-state index in [9.17, 15) is 4.79 Å². The number of nitrogens with one attached hydrogen (secondary N) is 3. The zero-order valence-corrected chi connectivity index (χ0v) is 18.6. The van der Waals surface area contributed by atoms with E-state index in [0.29, 0.717) is 17.0 Å². The molecule has 3 N–H and O–H groups in total. The third kappa shape index (κ3) is 6.69. The molecule has 2 aromatic carbocycles. The van der Waals surface area contributed by atoms with Crippen molar-refractivity contribution >= 4 is 79.7 Å². The van der Waals surface area contributed by atoms with E-state index in [1.165, 1.54) is 0 Å². The Bertz CT molecular complexity index is 816. The van der Waals surface area contributed by atoms with Crippen LogP contribution in [0.4, 0.5) is 5.69 Å². The Morgan fingerprint density at radius 3 is 2.33 bits per heavy atom. The molecule has 0 spiro atoms. The number of alkyl halides is 3. The molecule has 1 unspecified atom stereocenters. The molecule has 0 aliphatic carbocycles. The number of benzene rings is 2. The predicted molar refractivity (Wildman–Crippen MR) is 118 cm³/mol. The Morgan fingerprint density at radius 2 is 1.74 bits per heavy atom. The Labute approximate surface area is 185 Å². The van der Waals surface area contributed by atoms with E-state index in [-0.39, 0.29) is 5.11 Å². The summed E-state index contributed by atoms with van der Waals surface area (Å²) in [6.45, 7) is 0. The van der Waals surface area contributed by atoms with Gasteiger partial charge in [-0.3, -0.25) is 4.79 Å². The maximum atomic E-state index is 12.4. The monoisotopic (exact) mass is 509 g/mol. The number of amides is 1. The van der Waals surface area contributed by atoms with Gasteiger partial charge < -0.3 is 20.7 Å². The van der Waals surface area contributed by atoms with E-state index in [4.69, 9.17) is 51.8 Å². The second-order valence-corrected chi connectivity index (χ2v) is 8.95. The highest BCUT2D eigenvalue weighted by molar-refractivity contribution is 9.10. The summed E-state index contributed by atoms with van der Waals surface area (Å²) in [4.78, 5) is 12.4. The molecule has 1 amide bonds. The van der Waals surface area contributed by atoms with Crippen molar-refractivity contribution in [3.05, 3.63) is 58.6 Å².